The Balaban J connectivity index is 0.000000360. The van der Waals surface area contributed by atoms with E-state index in [4.69, 9.17) is 0 Å². The third-order valence-corrected chi connectivity index (χ3v) is 7.43. The van der Waals surface area contributed by atoms with Gasteiger partial charge in [0.15, 0.2) is 5.78 Å². The van der Waals surface area contributed by atoms with Crippen molar-refractivity contribution >= 4 is 22.2 Å². The monoisotopic (exact) mass is 739 g/mol. The van der Waals surface area contributed by atoms with Crippen molar-refractivity contribution in [3.05, 3.63) is 63.7 Å². The number of hydrogen-bond donors (Lipinski definition) is 1. The number of carbonyl (C=O) groups excluding carboxylic acids is 1. The first-order valence-corrected chi connectivity index (χ1v) is 14.2. The molecule has 4 rings (SSSR count). The summed E-state index contributed by atoms with van der Waals surface area (Å²) < 4.78 is 2.12. The zero-order valence-corrected chi connectivity index (χ0v) is 29.6. The minimum atomic E-state index is -0.417. The number of pyridine rings is 2. The molecule has 1 radical (unpaired) electrons. The molecule has 0 saturated carbocycles. The molecule has 3 heterocycles. The predicted molar refractivity (Wildman–Crippen MR) is 164 cm³/mol. The summed E-state index contributed by atoms with van der Waals surface area (Å²) in [7, 11) is 0. The van der Waals surface area contributed by atoms with Crippen LogP contribution in [-0.2, 0) is 42.2 Å². The van der Waals surface area contributed by atoms with Gasteiger partial charge in [-0.2, -0.15) is 6.07 Å². The molecular weight excluding hydrogens is 691 g/mol. The number of aromatic nitrogens is 3. The van der Waals surface area contributed by atoms with Gasteiger partial charge in [0, 0.05) is 59.3 Å². The van der Waals surface area contributed by atoms with Gasteiger partial charge < -0.3 is 9.51 Å². The van der Waals surface area contributed by atoms with Crippen molar-refractivity contribution in [1.82, 2.24) is 14.4 Å². The molecule has 0 aromatic carbocycles. The van der Waals surface area contributed by atoms with Crippen LogP contribution in [0.25, 0.3) is 16.4 Å². The number of nitrogens with zero attached hydrogens (tertiary/aromatic N) is 3. The van der Waals surface area contributed by atoms with E-state index in [0.717, 1.165) is 40.6 Å². The number of ketones is 1. The Morgan fingerprint density at radius 3 is 2.12 bits per heavy atom. The van der Waals surface area contributed by atoms with Crippen LogP contribution in [0.2, 0.25) is 0 Å². The summed E-state index contributed by atoms with van der Waals surface area (Å²) in [6, 6.07) is 5.36. The summed E-state index contributed by atoms with van der Waals surface area (Å²) in [5.41, 5.74) is 2.69. The molecule has 7 heteroatoms. The fourth-order valence-corrected chi connectivity index (χ4v) is 5.59. The summed E-state index contributed by atoms with van der Waals surface area (Å²) in [6.07, 6.45) is 6.92. The van der Waals surface area contributed by atoms with Crippen molar-refractivity contribution in [2.75, 3.05) is 0 Å². The molecule has 6 nitrogen and oxygen atoms in total. The molecule has 1 aliphatic carbocycles. The van der Waals surface area contributed by atoms with Gasteiger partial charge in [-0.15, -0.1) is 10.8 Å². The SMILES string of the molecule is CC(C)(C)C(=O)C=C(O)C(C)(C)C.CC(C)(C)Cc1nc[c-]c2c1ccn1c3c(c(=O)nc21)C(C)(C)CC3(C)C.[Ir]. The number of rotatable bonds is 2. The van der Waals surface area contributed by atoms with Crippen molar-refractivity contribution in [2.24, 2.45) is 16.2 Å². The van der Waals surface area contributed by atoms with E-state index in [9.17, 15) is 14.7 Å². The molecule has 0 aliphatic heterocycles. The quantitative estimate of drug-likeness (QED) is 0.126. The van der Waals surface area contributed by atoms with E-state index in [0.29, 0.717) is 5.65 Å². The predicted octanol–water partition coefficient (Wildman–Crippen LogP) is 7.68. The zero-order valence-electron chi connectivity index (χ0n) is 27.2. The Hall–Kier alpha value is -2.37. The number of aliphatic hydroxyl groups is 1. The second kappa shape index (κ2) is 11.4. The molecule has 0 atom stereocenters. The fraction of sp³-hybridized carbons (Fsp3) is 0.588. The smallest absolute Gasteiger partial charge is 0.265 e. The Morgan fingerprint density at radius 1 is 1.02 bits per heavy atom. The van der Waals surface area contributed by atoms with Gasteiger partial charge in [0.25, 0.3) is 5.56 Å². The maximum Gasteiger partial charge on any atom is 0.265 e. The normalized spacial score (nSPS) is 16.6. The van der Waals surface area contributed by atoms with E-state index in [2.05, 4.69) is 81.2 Å². The topological polar surface area (TPSA) is 84.6 Å². The van der Waals surface area contributed by atoms with Gasteiger partial charge in [-0.1, -0.05) is 96.1 Å². The first kappa shape index (κ1) is 34.8. The van der Waals surface area contributed by atoms with Crippen LogP contribution in [0.15, 0.2) is 35.1 Å². The molecule has 0 unspecified atom stereocenters. The van der Waals surface area contributed by atoms with Crippen molar-refractivity contribution in [3.8, 4) is 0 Å². The number of allylic oxidation sites excluding steroid dienone is 2. The molecule has 0 bridgehead atoms. The summed E-state index contributed by atoms with van der Waals surface area (Å²) in [5, 5.41) is 11.5. The standard InChI is InChI=1S/C23H28N3O.C11H20O2.Ir/c1-21(2,3)12-16-14-9-11-26-18-17(22(4,5)13-23(18,6)7)20(27)25-19(26)15(14)8-10-24-16;1-10(2,3)8(12)7-9(13)11(4,5)6;/h9-11H,12-13H2,1-7H3;7,12H,1-6H3;/q-1;;. The average molecular weight is 739 g/mol. The molecule has 1 aliphatic rings. The molecular formula is C34H48IrN3O3-. The van der Waals surface area contributed by atoms with E-state index in [-0.39, 0.29) is 58.9 Å². The third kappa shape index (κ3) is 7.53. The molecule has 0 amide bonds. The van der Waals surface area contributed by atoms with Gasteiger partial charge in [-0.3, -0.25) is 19.6 Å². The minimum absolute atomic E-state index is 0. The third-order valence-electron chi connectivity index (χ3n) is 7.43. The van der Waals surface area contributed by atoms with Gasteiger partial charge in [-0.05, 0) is 41.8 Å². The molecule has 3 aromatic heterocycles. The Morgan fingerprint density at radius 2 is 1.61 bits per heavy atom. The first-order chi connectivity index (χ1) is 18.0. The van der Waals surface area contributed by atoms with Gasteiger partial charge >= 0.3 is 0 Å². The van der Waals surface area contributed by atoms with E-state index in [1.54, 1.807) is 6.20 Å². The van der Waals surface area contributed by atoms with Crippen molar-refractivity contribution in [1.29, 1.82) is 0 Å². The largest absolute Gasteiger partial charge is 0.512 e. The number of fused-ring (bicyclic) bond motifs is 5. The molecule has 1 N–H and O–H groups in total. The van der Waals surface area contributed by atoms with Crippen LogP contribution < -0.4 is 5.56 Å². The van der Waals surface area contributed by atoms with Crippen LogP contribution in [0.1, 0.15) is 113 Å². The maximum atomic E-state index is 13.0. The fourth-order valence-electron chi connectivity index (χ4n) is 5.59. The Bertz CT molecular complexity index is 1540. The zero-order chi connectivity index (χ0) is 30.6. The van der Waals surface area contributed by atoms with E-state index in [1.165, 1.54) is 6.08 Å². The van der Waals surface area contributed by atoms with Crippen molar-refractivity contribution in [3.63, 3.8) is 0 Å². The molecule has 0 saturated heterocycles. The van der Waals surface area contributed by atoms with Gasteiger partial charge in [0.1, 0.15) is 5.76 Å². The Kier molecular flexibility index (Phi) is 9.66. The van der Waals surface area contributed by atoms with E-state index >= 15 is 0 Å². The van der Waals surface area contributed by atoms with Crippen LogP contribution in [0.3, 0.4) is 0 Å². The van der Waals surface area contributed by atoms with Gasteiger partial charge in [-0.25, -0.2) is 0 Å². The van der Waals surface area contributed by atoms with Crippen LogP contribution in [0, 0.1) is 22.3 Å². The summed E-state index contributed by atoms with van der Waals surface area (Å²) in [4.78, 5) is 33.6. The van der Waals surface area contributed by atoms with Crippen LogP contribution in [-0.4, -0.2) is 25.3 Å². The number of carbonyl (C=O) groups is 1. The van der Waals surface area contributed by atoms with Gasteiger partial charge in [0.05, 0.1) is 0 Å². The molecule has 227 valence electrons. The van der Waals surface area contributed by atoms with Crippen LogP contribution in [0.4, 0.5) is 0 Å². The summed E-state index contributed by atoms with van der Waals surface area (Å²) >= 11 is 0. The van der Waals surface area contributed by atoms with Crippen molar-refractivity contribution in [2.45, 2.75) is 114 Å². The molecule has 0 spiro atoms. The minimum Gasteiger partial charge on any atom is -0.512 e. The second-order valence-electron chi connectivity index (χ2n) is 15.9. The first-order valence-electron chi connectivity index (χ1n) is 14.2. The molecule has 3 aromatic rings. The maximum absolute atomic E-state index is 13.0. The number of aliphatic hydroxyl groups excluding tert-OH is 1. The van der Waals surface area contributed by atoms with Crippen molar-refractivity contribution < 1.29 is 30.0 Å². The van der Waals surface area contributed by atoms with E-state index < -0.39 is 5.41 Å². The van der Waals surface area contributed by atoms with Gasteiger partial charge in [0.2, 0.25) is 0 Å². The molecule has 41 heavy (non-hydrogen) atoms. The summed E-state index contributed by atoms with van der Waals surface area (Å²) in [5.74, 6) is 0.104. The molecule has 0 fully saturated rings. The van der Waals surface area contributed by atoms with E-state index in [1.807, 2.05) is 41.5 Å². The Labute approximate surface area is 259 Å². The summed E-state index contributed by atoms with van der Waals surface area (Å²) in [6.45, 7) is 26.5. The second-order valence-corrected chi connectivity index (χ2v) is 15.9. The number of hydrogen-bond acceptors (Lipinski definition) is 5. The van der Waals surface area contributed by atoms with Crippen LogP contribution in [0.5, 0.6) is 0 Å². The van der Waals surface area contributed by atoms with Crippen LogP contribution >= 0.6 is 0 Å². The average Bonchev–Trinajstić information content (AvgIpc) is 2.96.